The minimum absolute atomic E-state index is 0.681. The van der Waals surface area contributed by atoms with Gasteiger partial charge in [-0.25, -0.2) is 0 Å². The van der Waals surface area contributed by atoms with Gasteiger partial charge < -0.3 is 5.32 Å². The van der Waals surface area contributed by atoms with Gasteiger partial charge in [-0.2, -0.15) is 0 Å². The maximum atomic E-state index is 5.01. The van der Waals surface area contributed by atoms with Gasteiger partial charge in [-0.15, -0.1) is 0 Å². The molecule has 0 aliphatic carbocycles. The molecule has 0 saturated carbocycles. The van der Waals surface area contributed by atoms with Crippen molar-refractivity contribution in [1.82, 2.24) is 0 Å². The Morgan fingerprint density at radius 2 is 2.17 bits per heavy atom. The van der Waals surface area contributed by atoms with E-state index in [1.165, 1.54) is 5.56 Å². The highest BCUT2D eigenvalue weighted by molar-refractivity contribution is 7.82. The summed E-state index contributed by atoms with van der Waals surface area (Å²) in [6.45, 7) is 0.712. The van der Waals surface area contributed by atoms with E-state index in [1.807, 2.05) is 24.3 Å². The van der Waals surface area contributed by atoms with Crippen LogP contribution in [0.5, 0.6) is 0 Å². The van der Waals surface area contributed by atoms with Crippen molar-refractivity contribution < 1.29 is 0 Å². The fourth-order valence-electron chi connectivity index (χ4n) is 1.17. The molecule has 12 heavy (non-hydrogen) atoms. The number of anilines is 1. The number of aliphatic imine (C=N–C) groups is 1. The smallest absolute Gasteiger partial charge is 0.121 e. The minimum atomic E-state index is 0.681. The van der Waals surface area contributed by atoms with Gasteiger partial charge in [0.2, 0.25) is 0 Å². The molecular weight excluding hydrogens is 168 g/mol. The first-order chi connectivity index (χ1) is 5.86. The molecule has 1 aliphatic rings. The SMILES string of the molecule is S=C1C=NCc2ccccc2N1. The third-order valence-electron chi connectivity index (χ3n) is 1.75. The van der Waals surface area contributed by atoms with E-state index in [-0.39, 0.29) is 0 Å². The molecule has 0 radical (unpaired) electrons. The summed E-state index contributed by atoms with van der Waals surface area (Å²) < 4.78 is 0. The Morgan fingerprint density at radius 1 is 1.33 bits per heavy atom. The Hall–Kier alpha value is -1.22. The van der Waals surface area contributed by atoms with Gasteiger partial charge in [0, 0.05) is 5.69 Å². The molecule has 1 aliphatic heterocycles. The normalized spacial score (nSPS) is 14.8. The van der Waals surface area contributed by atoms with Crippen LogP contribution in [0.4, 0.5) is 5.69 Å². The molecule has 1 N–H and O–H groups in total. The standard InChI is InChI=1S/C9H8N2S/c12-9-6-10-5-7-3-1-2-4-8(7)11-9/h1-4,6H,5H2,(H,11,12). The lowest BCUT2D eigenvalue weighted by Crippen LogP contribution is -2.08. The van der Waals surface area contributed by atoms with Gasteiger partial charge in [0.15, 0.2) is 0 Å². The summed E-state index contributed by atoms with van der Waals surface area (Å²) >= 11 is 5.01. The van der Waals surface area contributed by atoms with Crippen LogP contribution in [0.3, 0.4) is 0 Å². The van der Waals surface area contributed by atoms with Crippen molar-refractivity contribution in [2.24, 2.45) is 4.99 Å². The zero-order chi connectivity index (χ0) is 8.39. The van der Waals surface area contributed by atoms with E-state index < -0.39 is 0 Å². The number of fused-ring (bicyclic) bond motifs is 1. The first-order valence-corrected chi connectivity index (χ1v) is 4.16. The van der Waals surface area contributed by atoms with Crippen LogP contribution in [-0.2, 0) is 6.54 Å². The van der Waals surface area contributed by atoms with Crippen molar-refractivity contribution in [2.45, 2.75) is 6.54 Å². The number of hydrogen-bond donors (Lipinski definition) is 1. The van der Waals surface area contributed by atoms with Crippen molar-refractivity contribution >= 4 is 29.1 Å². The summed E-state index contributed by atoms with van der Waals surface area (Å²) in [5.74, 6) is 0. The highest BCUT2D eigenvalue weighted by atomic mass is 32.1. The van der Waals surface area contributed by atoms with E-state index in [9.17, 15) is 0 Å². The Balaban J connectivity index is 2.44. The minimum Gasteiger partial charge on any atom is -0.345 e. The first-order valence-electron chi connectivity index (χ1n) is 3.75. The number of nitrogens with zero attached hydrogens (tertiary/aromatic N) is 1. The van der Waals surface area contributed by atoms with Crippen LogP contribution in [-0.4, -0.2) is 11.2 Å². The number of para-hydroxylation sites is 1. The zero-order valence-electron chi connectivity index (χ0n) is 6.45. The van der Waals surface area contributed by atoms with E-state index >= 15 is 0 Å². The highest BCUT2D eigenvalue weighted by Crippen LogP contribution is 2.17. The van der Waals surface area contributed by atoms with Gasteiger partial charge in [-0.3, -0.25) is 4.99 Å². The molecule has 1 aromatic rings. The van der Waals surface area contributed by atoms with E-state index in [4.69, 9.17) is 12.2 Å². The topological polar surface area (TPSA) is 24.4 Å². The summed E-state index contributed by atoms with van der Waals surface area (Å²) in [4.78, 5) is 4.84. The predicted molar refractivity (Wildman–Crippen MR) is 54.9 cm³/mol. The van der Waals surface area contributed by atoms with Gasteiger partial charge in [0.1, 0.15) is 4.99 Å². The molecule has 1 heterocycles. The third kappa shape index (κ3) is 1.36. The fourth-order valence-corrected chi connectivity index (χ4v) is 1.36. The van der Waals surface area contributed by atoms with Gasteiger partial charge in [0.05, 0.1) is 12.8 Å². The second-order valence-corrected chi connectivity index (χ2v) is 3.06. The van der Waals surface area contributed by atoms with Gasteiger partial charge in [0.25, 0.3) is 0 Å². The van der Waals surface area contributed by atoms with E-state index in [0.717, 1.165) is 5.69 Å². The fraction of sp³-hybridized carbons (Fsp3) is 0.111. The second kappa shape index (κ2) is 3.03. The van der Waals surface area contributed by atoms with Crippen LogP contribution in [0.25, 0.3) is 0 Å². The average Bonchev–Trinajstić information content (AvgIpc) is 2.25. The molecule has 0 bridgehead atoms. The predicted octanol–water partition coefficient (Wildman–Crippen LogP) is 2.01. The molecule has 0 spiro atoms. The van der Waals surface area contributed by atoms with Crippen molar-refractivity contribution in [3.8, 4) is 0 Å². The summed E-state index contributed by atoms with van der Waals surface area (Å²) in [5.41, 5.74) is 2.26. The van der Waals surface area contributed by atoms with Crippen LogP contribution in [0.15, 0.2) is 29.3 Å². The molecule has 3 heteroatoms. The molecule has 2 rings (SSSR count). The average molecular weight is 176 g/mol. The molecule has 0 saturated heterocycles. The number of benzene rings is 1. The number of rotatable bonds is 0. The lowest BCUT2D eigenvalue weighted by Gasteiger charge is -2.04. The number of hydrogen-bond acceptors (Lipinski definition) is 2. The lowest BCUT2D eigenvalue weighted by atomic mass is 10.2. The van der Waals surface area contributed by atoms with E-state index in [0.29, 0.717) is 11.5 Å². The highest BCUT2D eigenvalue weighted by Gasteiger charge is 2.04. The molecule has 0 amide bonds. The second-order valence-electron chi connectivity index (χ2n) is 2.62. The zero-order valence-corrected chi connectivity index (χ0v) is 7.27. The van der Waals surface area contributed by atoms with Crippen LogP contribution < -0.4 is 5.32 Å². The van der Waals surface area contributed by atoms with Crippen LogP contribution >= 0.6 is 12.2 Å². The van der Waals surface area contributed by atoms with Gasteiger partial charge >= 0.3 is 0 Å². The Bertz CT molecular complexity index is 344. The van der Waals surface area contributed by atoms with Crippen LogP contribution in [0, 0.1) is 0 Å². The first kappa shape index (κ1) is 7.43. The summed E-state index contributed by atoms with van der Waals surface area (Å²) in [6.07, 6.45) is 1.69. The molecule has 0 unspecified atom stereocenters. The molecular formula is C9H8N2S. The maximum Gasteiger partial charge on any atom is 0.121 e. The Morgan fingerprint density at radius 3 is 3.08 bits per heavy atom. The van der Waals surface area contributed by atoms with Crippen LogP contribution in [0.1, 0.15) is 5.56 Å². The van der Waals surface area contributed by atoms with E-state index in [2.05, 4.69) is 10.3 Å². The molecule has 0 fully saturated rings. The van der Waals surface area contributed by atoms with Gasteiger partial charge in [-0.1, -0.05) is 30.4 Å². The summed E-state index contributed by atoms with van der Waals surface area (Å²) in [7, 11) is 0. The quantitative estimate of drug-likeness (QED) is 0.611. The monoisotopic (exact) mass is 176 g/mol. The van der Waals surface area contributed by atoms with Crippen LogP contribution in [0.2, 0.25) is 0 Å². The molecule has 0 atom stereocenters. The van der Waals surface area contributed by atoms with E-state index in [1.54, 1.807) is 6.21 Å². The molecule has 1 aromatic carbocycles. The third-order valence-corrected chi connectivity index (χ3v) is 1.95. The maximum absolute atomic E-state index is 5.01. The van der Waals surface area contributed by atoms with Crippen molar-refractivity contribution in [3.05, 3.63) is 29.8 Å². The molecule has 2 nitrogen and oxygen atoms in total. The van der Waals surface area contributed by atoms with Crippen molar-refractivity contribution in [2.75, 3.05) is 5.32 Å². The molecule has 0 aromatic heterocycles. The summed E-state index contributed by atoms with van der Waals surface area (Å²) in [6, 6.07) is 8.05. The summed E-state index contributed by atoms with van der Waals surface area (Å²) in [5, 5.41) is 3.10. The van der Waals surface area contributed by atoms with Gasteiger partial charge in [-0.05, 0) is 11.6 Å². The largest absolute Gasteiger partial charge is 0.345 e. The lowest BCUT2D eigenvalue weighted by molar-refractivity contribution is 1.09. The Labute approximate surface area is 76.3 Å². The van der Waals surface area contributed by atoms with Crippen molar-refractivity contribution in [3.63, 3.8) is 0 Å². The number of nitrogens with one attached hydrogen (secondary N) is 1. The van der Waals surface area contributed by atoms with Crippen molar-refractivity contribution in [1.29, 1.82) is 0 Å². The Kier molecular flexibility index (Phi) is 1.87. The number of thiocarbonyl (C=S) groups is 1. The molecule has 60 valence electrons.